The number of hydrogen-bond donors (Lipinski definition) is 2. The highest BCUT2D eigenvalue weighted by atomic mass is 127. The first-order chi connectivity index (χ1) is 11.6. The molecule has 0 radical (unpaired) electrons. The predicted octanol–water partition coefficient (Wildman–Crippen LogP) is 4.38. The minimum absolute atomic E-state index is 0. The van der Waals surface area contributed by atoms with Gasteiger partial charge in [0, 0.05) is 18.5 Å². The third kappa shape index (κ3) is 6.62. The molecule has 2 N–H and O–H groups in total. The Morgan fingerprint density at radius 1 is 1.31 bits per heavy atom. The molecule has 1 aromatic heterocycles. The second-order valence-electron chi connectivity index (χ2n) is 7.54. The van der Waals surface area contributed by atoms with Gasteiger partial charge < -0.3 is 15.1 Å². The van der Waals surface area contributed by atoms with E-state index in [0.717, 1.165) is 5.76 Å². The minimum atomic E-state index is -4.13. The summed E-state index contributed by atoms with van der Waals surface area (Å²) < 4.78 is 44.4. The van der Waals surface area contributed by atoms with Crippen LogP contribution in [0.15, 0.2) is 15.6 Å². The molecule has 150 valence electrons. The molecule has 9 heteroatoms. The maximum absolute atomic E-state index is 12.9. The largest absolute Gasteiger partial charge is 0.443 e. The van der Waals surface area contributed by atoms with Crippen molar-refractivity contribution in [2.45, 2.75) is 70.6 Å². The normalized spacial score (nSPS) is 21.9. The molecule has 1 heterocycles. The fraction of sp³-hybridized carbons (Fsp3) is 0.765. The second-order valence-corrected chi connectivity index (χ2v) is 7.54. The minimum Gasteiger partial charge on any atom is -0.443 e. The van der Waals surface area contributed by atoms with Crippen molar-refractivity contribution in [3.8, 4) is 0 Å². The van der Waals surface area contributed by atoms with E-state index in [0.29, 0.717) is 31.2 Å². The number of halogens is 4. The molecule has 2 atom stereocenters. The fourth-order valence-electron chi connectivity index (χ4n) is 2.90. The van der Waals surface area contributed by atoms with Crippen molar-refractivity contribution in [2.75, 3.05) is 7.05 Å². The van der Waals surface area contributed by atoms with Crippen molar-refractivity contribution in [1.29, 1.82) is 0 Å². The van der Waals surface area contributed by atoms with Crippen molar-refractivity contribution in [3.63, 3.8) is 0 Å². The molecule has 1 aliphatic rings. The summed E-state index contributed by atoms with van der Waals surface area (Å²) in [6.45, 7) is 6.42. The van der Waals surface area contributed by atoms with Crippen molar-refractivity contribution in [2.24, 2.45) is 10.9 Å². The lowest BCUT2D eigenvalue weighted by molar-refractivity contribution is -0.183. The molecule has 2 unspecified atom stereocenters. The Morgan fingerprint density at radius 2 is 2.00 bits per heavy atom. The van der Waals surface area contributed by atoms with E-state index in [-0.39, 0.29) is 48.3 Å². The number of nitrogens with one attached hydrogen (secondary N) is 2. The van der Waals surface area contributed by atoms with Crippen LogP contribution >= 0.6 is 24.0 Å². The maximum atomic E-state index is 12.9. The zero-order valence-electron chi connectivity index (χ0n) is 15.6. The van der Waals surface area contributed by atoms with Crippen molar-refractivity contribution >= 4 is 29.9 Å². The number of rotatable bonds is 3. The molecule has 0 bridgehead atoms. The number of aromatic nitrogens is 1. The average Bonchev–Trinajstić information content (AvgIpc) is 3.00. The van der Waals surface area contributed by atoms with Crippen LogP contribution in [0, 0.1) is 5.92 Å². The van der Waals surface area contributed by atoms with Crippen molar-refractivity contribution < 1.29 is 17.6 Å². The third-order valence-corrected chi connectivity index (χ3v) is 4.40. The Balaban J connectivity index is 0.00000338. The third-order valence-electron chi connectivity index (χ3n) is 4.40. The van der Waals surface area contributed by atoms with E-state index in [1.807, 2.05) is 20.8 Å². The Hall–Kier alpha value is -1.00. The summed E-state index contributed by atoms with van der Waals surface area (Å²) >= 11 is 0. The van der Waals surface area contributed by atoms with Gasteiger partial charge >= 0.3 is 6.18 Å². The molecule has 1 aliphatic carbocycles. The van der Waals surface area contributed by atoms with Gasteiger partial charge in [0.2, 0.25) is 5.89 Å². The van der Waals surface area contributed by atoms with Crippen molar-refractivity contribution in [1.82, 2.24) is 15.6 Å². The number of oxazole rings is 1. The van der Waals surface area contributed by atoms with E-state index in [9.17, 15) is 13.2 Å². The van der Waals surface area contributed by atoms with E-state index in [1.54, 1.807) is 13.2 Å². The van der Waals surface area contributed by atoms with Gasteiger partial charge in [0.1, 0.15) is 5.76 Å². The standard InChI is InChI=1S/C17H27F3N4O.HI/c1-16(2,3)13-9-22-14(25-13)10-23-15(21-4)24-12-7-5-6-11(8-12)17(18,19)20;/h9,11-12H,5-8,10H2,1-4H3,(H2,21,23,24);1H. The van der Waals surface area contributed by atoms with Crippen LogP contribution in [0.5, 0.6) is 0 Å². The number of nitrogens with zero attached hydrogens (tertiary/aromatic N) is 2. The van der Waals surface area contributed by atoms with Crippen LogP contribution in [0.4, 0.5) is 13.2 Å². The molecule has 26 heavy (non-hydrogen) atoms. The molecule has 1 aromatic rings. The summed E-state index contributed by atoms with van der Waals surface area (Å²) in [5.74, 6) is 0.526. The highest BCUT2D eigenvalue weighted by Gasteiger charge is 2.42. The quantitative estimate of drug-likeness (QED) is 0.377. The van der Waals surface area contributed by atoms with E-state index in [2.05, 4.69) is 20.6 Å². The molecule has 0 aliphatic heterocycles. The molecule has 0 amide bonds. The van der Waals surface area contributed by atoms with Gasteiger partial charge in [-0.2, -0.15) is 13.2 Å². The topological polar surface area (TPSA) is 62.5 Å². The van der Waals surface area contributed by atoms with Crippen LogP contribution in [0.2, 0.25) is 0 Å². The van der Waals surface area contributed by atoms with Gasteiger partial charge in [-0.1, -0.05) is 27.2 Å². The lowest BCUT2D eigenvalue weighted by Crippen LogP contribution is -2.46. The molecule has 1 fully saturated rings. The molecule has 0 spiro atoms. The van der Waals surface area contributed by atoms with E-state index in [4.69, 9.17) is 4.42 Å². The monoisotopic (exact) mass is 488 g/mol. The van der Waals surface area contributed by atoms with Crippen LogP contribution in [0.3, 0.4) is 0 Å². The summed E-state index contributed by atoms with van der Waals surface area (Å²) in [5.41, 5.74) is -0.125. The zero-order valence-corrected chi connectivity index (χ0v) is 17.9. The molecule has 1 saturated carbocycles. The van der Waals surface area contributed by atoms with E-state index < -0.39 is 12.1 Å². The second kappa shape index (κ2) is 9.27. The first-order valence-electron chi connectivity index (χ1n) is 8.58. The van der Waals surface area contributed by atoms with Crippen LogP contribution < -0.4 is 10.6 Å². The van der Waals surface area contributed by atoms with Crippen LogP contribution in [0.25, 0.3) is 0 Å². The Kier molecular flexibility index (Phi) is 8.22. The summed E-state index contributed by atoms with van der Waals surface area (Å²) in [6, 6.07) is -0.235. The summed E-state index contributed by atoms with van der Waals surface area (Å²) in [6.07, 6.45) is -0.869. The molecular formula is C17H28F3IN4O. The van der Waals surface area contributed by atoms with Gasteiger partial charge in [0.05, 0.1) is 18.7 Å². The Morgan fingerprint density at radius 3 is 2.54 bits per heavy atom. The smallest absolute Gasteiger partial charge is 0.391 e. The van der Waals surface area contributed by atoms with Gasteiger partial charge in [-0.25, -0.2) is 4.98 Å². The fourth-order valence-corrected chi connectivity index (χ4v) is 2.90. The first-order valence-corrected chi connectivity index (χ1v) is 8.58. The van der Waals surface area contributed by atoms with Crippen molar-refractivity contribution in [3.05, 3.63) is 17.8 Å². The molecule has 2 rings (SSSR count). The predicted molar refractivity (Wildman–Crippen MR) is 106 cm³/mol. The number of aliphatic imine (C=N–C) groups is 1. The lowest BCUT2D eigenvalue weighted by Gasteiger charge is -2.31. The Labute approximate surface area is 169 Å². The summed E-state index contributed by atoms with van der Waals surface area (Å²) in [5, 5.41) is 6.14. The van der Waals surface area contributed by atoms with Gasteiger partial charge in [-0.3, -0.25) is 4.99 Å². The molecule has 5 nitrogen and oxygen atoms in total. The van der Waals surface area contributed by atoms with Crippen LogP contribution in [-0.2, 0) is 12.0 Å². The van der Waals surface area contributed by atoms with Gasteiger partial charge in [-0.05, 0) is 19.3 Å². The molecule has 0 saturated heterocycles. The van der Waals surface area contributed by atoms with Crippen LogP contribution in [-0.4, -0.2) is 30.2 Å². The van der Waals surface area contributed by atoms with E-state index in [1.165, 1.54) is 0 Å². The van der Waals surface area contributed by atoms with E-state index >= 15 is 0 Å². The highest BCUT2D eigenvalue weighted by molar-refractivity contribution is 14.0. The van der Waals surface area contributed by atoms with Gasteiger partial charge in [-0.15, -0.1) is 24.0 Å². The zero-order chi connectivity index (χ0) is 18.7. The first kappa shape index (κ1) is 23.0. The number of alkyl halides is 3. The van der Waals surface area contributed by atoms with Crippen LogP contribution in [0.1, 0.15) is 58.1 Å². The summed E-state index contributed by atoms with van der Waals surface area (Å²) in [4.78, 5) is 8.30. The summed E-state index contributed by atoms with van der Waals surface area (Å²) in [7, 11) is 1.59. The molecule has 0 aromatic carbocycles. The Bertz CT molecular complexity index is 596. The number of guanidine groups is 1. The van der Waals surface area contributed by atoms with Gasteiger partial charge in [0.25, 0.3) is 0 Å². The SMILES string of the molecule is CN=C(NCc1ncc(C(C)(C)C)o1)NC1CCCC(C(F)(F)F)C1.I. The highest BCUT2D eigenvalue weighted by Crippen LogP contribution is 2.37. The van der Waals surface area contributed by atoms with Gasteiger partial charge in [0.15, 0.2) is 5.96 Å². The number of hydrogen-bond acceptors (Lipinski definition) is 3. The molecular weight excluding hydrogens is 460 g/mol. The average molecular weight is 488 g/mol. The maximum Gasteiger partial charge on any atom is 0.391 e. The lowest BCUT2D eigenvalue weighted by atomic mass is 9.85.